The molecule has 2 rings (SSSR count). The van der Waals surface area contributed by atoms with E-state index >= 15 is 0 Å². The van der Waals surface area contributed by atoms with E-state index in [2.05, 4.69) is 15.0 Å². The zero-order chi connectivity index (χ0) is 14.6. The molecule has 1 saturated heterocycles. The number of piperazine rings is 1. The summed E-state index contributed by atoms with van der Waals surface area (Å²) in [7, 11) is -1.45. The van der Waals surface area contributed by atoms with Crippen molar-refractivity contribution in [3.8, 4) is 0 Å². The van der Waals surface area contributed by atoms with Crippen molar-refractivity contribution >= 4 is 15.7 Å². The topological polar surface area (TPSA) is 64.7 Å². The van der Waals surface area contributed by atoms with Crippen LogP contribution in [0.15, 0.2) is 29.2 Å². The standard InChI is InChI=1S/C13H22N4O2S/c1-3-14-12-4-6-13(7-5-12)20(18,19)15-17-10-8-16(2)9-11-17/h4-7,14-15H,3,8-11H2,1-2H3. The Morgan fingerprint density at radius 1 is 1.10 bits per heavy atom. The highest BCUT2D eigenvalue weighted by molar-refractivity contribution is 7.89. The third-order valence-corrected chi connectivity index (χ3v) is 4.69. The number of likely N-dealkylation sites (N-methyl/N-ethyl adjacent to an activating group) is 1. The quantitative estimate of drug-likeness (QED) is 0.831. The smallest absolute Gasteiger partial charge is 0.253 e. The van der Waals surface area contributed by atoms with Crippen LogP contribution in [0.1, 0.15) is 6.92 Å². The molecule has 1 aromatic rings. The van der Waals surface area contributed by atoms with Crippen LogP contribution in [0.25, 0.3) is 0 Å². The van der Waals surface area contributed by atoms with Gasteiger partial charge in [-0.25, -0.2) is 13.4 Å². The van der Waals surface area contributed by atoms with Gasteiger partial charge in [-0.05, 0) is 38.2 Å². The van der Waals surface area contributed by atoms with Crippen LogP contribution in [0.3, 0.4) is 0 Å². The summed E-state index contributed by atoms with van der Waals surface area (Å²) in [6, 6.07) is 6.80. The van der Waals surface area contributed by atoms with Crippen LogP contribution >= 0.6 is 0 Å². The lowest BCUT2D eigenvalue weighted by molar-refractivity contribution is 0.135. The number of hydrogen-bond donors (Lipinski definition) is 2. The number of nitrogens with one attached hydrogen (secondary N) is 2. The molecule has 0 bridgehead atoms. The summed E-state index contributed by atoms with van der Waals surface area (Å²) >= 11 is 0. The molecule has 1 aliphatic rings. The minimum Gasteiger partial charge on any atom is -0.385 e. The van der Waals surface area contributed by atoms with E-state index in [1.165, 1.54) is 0 Å². The zero-order valence-electron chi connectivity index (χ0n) is 12.0. The van der Waals surface area contributed by atoms with Crippen molar-refractivity contribution in [2.24, 2.45) is 0 Å². The van der Waals surface area contributed by atoms with E-state index in [4.69, 9.17) is 0 Å². The van der Waals surface area contributed by atoms with Crippen LogP contribution in [0.2, 0.25) is 0 Å². The number of sulfonamides is 1. The van der Waals surface area contributed by atoms with E-state index < -0.39 is 10.0 Å². The van der Waals surface area contributed by atoms with Gasteiger partial charge >= 0.3 is 0 Å². The van der Waals surface area contributed by atoms with Crippen molar-refractivity contribution in [2.45, 2.75) is 11.8 Å². The van der Waals surface area contributed by atoms with Gasteiger partial charge in [0.1, 0.15) is 0 Å². The van der Waals surface area contributed by atoms with E-state index in [9.17, 15) is 8.42 Å². The van der Waals surface area contributed by atoms with Crippen LogP contribution in [-0.2, 0) is 10.0 Å². The highest BCUT2D eigenvalue weighted by atomic mass is 32.2. The molecule has 0 amide bonds. The first-order valence-electron chi connectivity index (χ1n) is 6.81. The average molecular weight is 298 g/mol. The van der Waals surface area contributed by atoms with E-state index in [1.54, 1.807) is 29.3 Å². The number of hydrogen-bond acceptors (Lipinski definition) is 5. The van der Waals surface area contributed by atoms with Gasteiger partial charge in [0.05, 0.1) is 4.90 Å². The van der Waals surface area contributed by atoms with Crippen molar-refractivity contribution in [3.05, 3.63) is 24.3 Å². The fraction of sp³-hybridized carbons (Fsp3) is 0.538. The summed E-state index contributed by atoms with van der Waals surface area (Å²) in [5.74, 6) is 0. The van der Waals surface area contributed by atoms with Gasteiger partial charge in [-0.15, -0.1) is 4.83 Å². The molecule has 1 aromatic carbocycles. The second-order valence-corrected chi connectivity index (χ2v) is 6.60. The van der Waals surface area contributed by atoms with E-state index in [-0.39, 0.29) is 4.90 Å². The Labute approximate surface area is 120 Å². The predicted molar refractivity (Wildman–Crippen MR) is 80.0 cm³/mol. The second kappa shape index (κ2) is 6.53. The normalized spacial score (nSPS) is 18.1. The maximum absolute atomic E-state index is 12.3. The Balaban J connectivity index is 2.02. The third kappa shape index (κ3) is 3.92. The van der Waals surface area contributed by atoms with Gasteiger partial charge in [-0.2, -0.15) is 0 Å². The lowest BCUT2D eigenvalue weighted by atomic mass is 10.3. The molecule has 0 atom stereocenters. The third-order valence-electron chi connectivity index (χ3n) is 3.30. The molecule has 2 N–H and O–H groups in total. The number of rotatable bonds is 5. The van der Waals surface area contributed by atoms with Crippen molar-refractivity contribution in [1.29, 1.82) is 0 Å². The molecular formula is C13H22N4O2S. The molecule has 7 heteroatoms. The minimum absolute atomic E-state index is 0.290. The Hall–Kier alpha value is -1.15. The second-order valence-electron chi connectivity index (χ2n) is 4.94. The van der Waals surface area contributed by atoms with Gasteiger partial charge < -0.3 is 10.2 Å². The van der Waals surface area contributed by atoms with Crippen LogP contribution in [0.5, 0.6) is 0 Å². The van der Waals surface area contributed by atoms with Gasteiger partial charge in [-0.3, -0.25) is 0 Å². The fourth-order valence-corrected chi connectivity index (χ4v) is 3.20. The minimum atomic E-state index is -3.48. The molecule has 0 aromatic heterocycles. The maximum atomic E-state index is 12.3. The molecule has 112 valence electrons. The molecule has 0 saturated carbocycles. The average Bonchev–Trinajstić information content (AvgIpc) is 2.42. The largest absolute Gasteiger partial charge is 0.385 e. The van der Waals surface area contributed by atoms with Crippen molar-refractivity contribution in [1.82, 2.24) is 14.7 Å². The summed E-state index contributed by atoms with van der Waals surface area (Å²) in [6.07, 6.45) is 0. The molecule has 0 aliphatic carbocycles. The lowest BCUT2D eigenvalue weighted by Gasteiger charge is -2.32. The van der Waals surface area contributed by atoms with Gasteiger partial charge in [0.25, 0.3) is 10.0 Å². The first-order chi connectivity index (χ1) is 9.51. The number of nitrogens with zero attached hydrogens (tertiary/aromatic N) is 2. The van der Waals surface area contributed by atoms with E-state index in [0.717, 1.165) is 25.3 Å². The van der Waals surface area contributed by atoms with Gasteiger partial charge in [0.15, 0.2) is 0 Å². The Morgan fingerprint density at radius 2 is 1.70 bits per heavy atom. The summed E-state index contributed by atoms with van der Waals surface area (Å²) in [6.45, 7) is 5.94. The molecule has 1 fully saturated rings. The molecule has 1 aliphatic heterocycles. The fourth-order valence-electron chi connectivity index (χ4n) is 2.08. The highest BCUT2D eigenvalue weighted by Crippen LogP contribution is 2.14. The van der Waals surface area contributed by atoms with Gasteiger partial charge in [-0.1, -0.05) is 0 Å². The Kier molecular flexibility index (Phi) is 4.98. The summed E-state index contributed by atoms with van der Waals surface area (Å²) in [5.41, 5.74) is 0.922. The molecular weight excluding hydrogens is 276 g/mol. The molecule has 1 heterocycles. The zero-order valence-corrected chi connectivity index (χ0v) is 12.8. The summed E-state index contributed by atoms with van der Waals surface area (Å²) in [5, 5.41) is 4.90. The highest BCUT2D eigenvalue weighted by Gasteiger charge is 2.21. The first kappa shape index (κ1) is 15.2. The predicted octanol–water partition coefficient (Wildman–Crippen LogP) is 0.559. The van der Waals surface area contributed by atoms with Crippen LogP contribution in [0.4, 0.5) is 5.69 Å². The number of anilines is 1. The van der Waals surface area contributed by atoms with E-state index in [1.807, 2.05) is 14.0 Å². The van der Waals surface area contributed by atoms with Crippen LogP contribution in [-0.4, -0.2) is 58.1 Å². The monoisotopic (exact) mass is 298 g/mol. The molecule has 0 spiro atoms. The van der Waals surface area contributed by atoms with Gasteiger partial charge in [0, 0.05) is 38.4 Å². The summed E-state index contributed by atoms with van der Waals surface area (Å²) in [4.78, 5) is 5.11. The maximum Gasteiger partial charge on any atom is 0.253 e. The van der Waals surface area contributed by atoms with Gasteiger partial charge in [0.2, 0.25) is 0 Å². The Morgan fingerprint density at radius 3 is 2.25 bits per heavy atom. The van der Waals surface area contributed by atoms with Crippen LogP contribution < -0.4 is 10.1 Å². The molecule has 20 heavy (non-hydrogen) atoms. The van der Waals surface area contributed by atoms with E-state index in [0.29, 0.717) is 13.1 Å². The molecule has 6 nitrogen and oxygen atoms in total. The first-order valence-corrected chi connectivity index (χ1v) is 8.29. The SMILES string of the molecule is CCNc1ccc(S(=O)(=O)NN2CCN(C)CC2)cc1. The van der Waals surface area contributed by atoms with Crippen LogP contribution in [0, 0.1) is 0 Å². The molecule has 0 unspecified atom stereocenters. The lowest BCUT2D eigenvalue weighted by Crippen LogP contribution is -2.52. The Bertz CT molecular complexity index is 522. The number of benzene rings is 1. The van der Waals surface area contributed by atoms with Crippen molar-refractivity contribution < 1.29 is 8.42 Å². The van der Waals surface area contributed by atoms with Crippen molar-refractivity contribution in [2.75, 3.05) is 45.1 Å². The summed E-state index contributed by atoms with van der Waals surface area (Å²) < 4.78 is 24.5. The van der Waals surface area contributed by atoms with Crippen molar-refractivity contribution in [3.63, 3.8) is 0 Å². The number of hydrazine groups is 1. The molecule has 0 radical (unpaired) electrons.